The van der Waals surface area contributed by atoms with Crippen LogP contribution in [0, 0.1) is 0 Å². The third-order valence-electron chi connectivity index (χ3n) is 5.16. The van der Waals surface area contributed by atoms with Crippen molar-refractivity contribution in [2.75, 3.05) is 31.2 Å². The summed E-state index contributed by atoms with van der Waals surface area (Å²) in [6.45, 7) is 7.14. The summed E-state index contributed by atoms with van der Waals surface area (Å²) in [6.07, 6.45) is 1.77. The Morgan fingerprint density at radius 3 is 2.29 bits per heavy atom. The Bertz CT molecular complexity index is 918. The molecule has 0 bridgehead atoms. The van der Waals surface area contributed by atoms with Crippen LogP contribution in [-0.2, 0) is 4.74 Å². The topological polar surface area (TPSA) is 59.1 Å². The summed E-state index contributed by atoms with van der Waals surface area (Å²) in [5.41, 5.74) is 2.89. The third kappa shape index (κ3) is 3.45. The molecule has 0 amide bonds. The molecule has 0 N–H and O–H groups in total. The summed E-state index contributed by atoms with van der Waals surface area (Å²) in [5.74, 6) is 0.193. The zero-order chi connectivity index (χ0) is 19.7. The molecule has 1 saturated heterocycles. The first-order valence-electron chi connectivity index (χ1n) is 9.65. The highest BCUT2D eigenvalue weighted by atomic mass is 16.6. The van der Waals surface area contributed by atoms with Crippen LogP contribution in [0.3, 0.4) is 0 Å². The van der Waals surface area contributed by atoms with E-state index in [-0.39, 0.29) is 23.2 Å². The van der Waals surface area contributed by atoms with Crippen molar-refractivity contribution in [3.63, 3.8) is 0 Å². The van der Waals surface area contributed by atoms with Crippen LogP contribution in [0.4, 0.5) is 5.69 Å². The van der Waals surface area contributed by atoms with Crippen molar-refractivity contribution >= 4 is 23.3 Å². The van der Waals surface area contributed by atoms with Gasteiger partial charge in [0.05, 0.1) is 12.2 Å². The van der Waals surface area contributed by atoms with Crippen molar-refractivity contribution in [1.29, 1.82) is 0 Å². The predicted octanol–water partition coefficient (Wildman–Crippen LogP) is 3.77. The van der Waals surface area contributed by atoms with Gasteiger partial charge in [0, 0.05) is 41.5 Å². The number of hydrogen-bond donors (Lipinski definition) is 0. The van der Waals surface area contributed by atoms with E-state index in [1.807, 2.05) is 18.2 Å². The van der Waals surface area contributed by atoms with Crippen molar-refractivity contribution in [3.8, 4) is 5.75 Å². The summed E-state index contributed by atoms with van der Waals surface area (Å²) >= 11 is 0. The van der Waals surface area contributed by atoms with E-state index in [0.29, 0.717) is 30.1 Å². The minimum absolute atomic E-state index is 0.122. The Morgan fingerprint density at radius 1 is 1.07 bits per heavy atom. The summed E-state index contributed by atoms with van der Waals surface area (Å²) in [7, 11) is 0. The van der Waals surface area contributed by atoms with Gasteiger partial charge in [0.1, 0.15) is 18.5 Å². The molecule has 4 rings (SSSR count). The molecular formula is C23H23NO4. The molecule has 0 aromatic heterocycles. The smallest absolute Gasteiger partial charge is 0.197 e. The van der Waals surface area contributed by atoms with Crippen LogP contribution in [0.5, 0.6) is 5.75 Å². The Labute approximate surface area is 164 Å². The number of ether oxygens (including phenoxy) is 2. The number of carbonyl (C=O) groups is 2. The molecule has 1 aliphatic heterocycles. The van der Waals surface area contributed by atoms with Gasteiger partial charge in [-0.3, -0.25) is 9.59 Å². The second-order valence-corrected chi connectivity index (χ2v) is 6.92. The van der Waals surface area contributed by atoms with Crippen LogP contribution in [-0.4, -0.2) is 44.0 Å². The van der Waals surface area contributed by atoms with Crippen LogP contribution >= 0.6 is 0 Å². The van der Waals surface area contributed by atoms with Crippen molar-refractivity contribution in [3.05, 3.63) is 64.7 Å². The van der Waals surface area contributed by atoms with Crippen molar-refractivity contribution in [2.24, 2.45) is 0 Å². The average Bonchev–Trinajstić information content (AvgIpc) is 3.52. The Morgan fingerprint density at radius 2 is 1.71 bits per heavy atom. The molecule has 0 saturated carbocycles. The van der Waals surface area contributed by atoms with Gasteiger partial charge in [-0.15, -0.1) is 0 Å². The fourth-order valence-electron chi connectivity index (χ4n) is 3.46. The van der Waals surface area contributed by atoms with E-state index >= 15 is 0 Å². The van der Waals surface area contributed by atoms with E-state index in [4.69, 9.17) is 9.47 Å². The summed E-state index contributed by atoms with van der Waals surface area (Å²) < 4.78 is 11.2. The highest BCUT2D eigenvalue weighted by Gasteiger charge is 2.33. The maximum absolute atomic E-state index is 12.7. The summed E-state index contributed by atoms with van der Waals surface area (Å²) in [4.78, 5) is 27.6. The number of hydrogen-bond acceptors (Lipinski definition) is 5. The zero-order valence-corrected chi connectivity index (χ0v) is 16.1. The van der Waals surface area contributed by atoms with Crippen molar-refractivity contribution in [1.82, 2.24) is 0 Å². The van der Waals surface area contributed by atoms with Crippen LogP contribution < -0.4 is 9.64 Å². The number of allylic oxidation sites excluding steroid dienone is 1. The average molecular weight is 377 g/mol. The van der Waals surface area contributed by atoms with Crippen molar-refractivity contribution < 1.29 is 19.1 Å². The maximum Gasteiger partial charge on any atom is 0.197 e. The monoisotopic (exact) mass is 377 g/mol. The number of Topliss-reactive ketones (excluding diaryl/α,β-unsaturated/α-hetero) is 2. The normalized spacial score (nSPS) is 17.5. The Hall–Kier alpha value is -2.92. The fourth-order valence-corrected chi connectivity index (χ4v) is 3.46. The predicted molar refractivity (Wildman–Crippen MR) is 108 cm³/mol. The lowest BCUT2D eigenvalue weighted by atomic mass is 10.1. The second-order valence-electron chi connectivity index (χ2n) is 6.92. The third-order valence-corrected chi connectivity index (χ3v) is 5.16. The molecule has 0 spiro atoms. The quantitative estimate of drug-likeness (QED) is 0.418. The van der Waals surface area contributed by atoms with Gasteiger partial charge in [-0.05, 0) is 32.1 Å². The van der Waals surface area contributed by atoms with Gasteiger partial charge in [0.2, 0.25) is 0 Å². The van der Waals surface area contributed by atoms with Crippen molar-refractivity contribution in [2.45, 2.75) is 20.0 Å². The standard InChI is InChI=1S/C23H23NO4/c1-3-24(4-2)16-10-9-15(21(12-16)28-14-17-13-27-17)11-20-22(25)18-7-5-6-8-19(18)23(20)26/h5-12,17H,3-4,13-14H2,1-2H3. The lowest BCUT2D eigenvalue weighted by molar-refractivity contribution is 0.0990. The van der Waals surface area contributed by atoms with E-state index in [0.717, 1.165) is 24.3 Å². The largest absolute Gasteiger partial charge is 0.490 e. The minimum atomic E-state index is -0.232. The molecule has 2 aromatic carbocycles. The first kappa shape index (κ1) is 18.4. The van der Waals surface area contributed by atoms with Crippen LogP contribution in [0.2, 0.25) is 0 Å². The van der Waals surface area contributed by atoms with Gasteiger partial charge >= 0.3 is 0 Å². The highest BCUT2D eigenvalue weighted by Crippen LogP contribution is 2.32. The maximum atomic E-state index is 12.7. The Kier molecular flexibility index (Phi) is 5.01. The van der Waals surface area contributed by atoms with Gasteiger partial charge in [-0.2, -0.15) is 0 Å². The van der Waals surface area contributed by atoms with Gasteiger partial charge in [-0.1, -0.05) is 24.3 Å². The molecule has 1 fully saturated rings. The van der Waals surface area contributed by atoms with E-state index in [2.05, 4.69) is 18.7 Å². The number of benzene rings is 2. The molecule has 5 nitrogen and oxygen atoms in total. The molecule has 1 unspecified atom stereocenters. The van der Waals surface area contributed by atoms with E-state index < -0.39 is 0 Å². The number of anilines is 1. The number of ketones is 2. The molecule has 144 valence electrons. The van der Waals surface area contributed by atoms with Crippen LogP contribution in [0.1, 0.15) is 40.1 Å². The molecule has 5 heteroatoms. The number of epoxide rings is 1. The first-order chi connectivity index (χ1) is 13.6. The molecule has 1 heterocycles. The van der Waals surface area contributed by atoms with E-state index in [1.54, 1.807) is 30.3 Å². The number of carbonyl (C=O) groups excluding carboxylic acids is 2. The number of fused-ring (bicyclic) bond motifs is 1. The second kappa shape index (κ2) is 7.60. The summed E-state index contributed by atoms with van der Waals surface area (Å²) in [5, 5.41) is 0. The summed E-state index contributed by atoms with van der Waals surface area (Å²) in [6, 6.07) is 12.8. The van der Waals surface area contributed by atoms with Gasteiger partial charge in [0.25, 0.3) is 0 Å². The molecule has 1 aliphatic carbocycles. The fraction of sp³-hybridized carbons (Fsp3) is 0.304. The Balaban J connectivity index is 1.71. The van der Waals surface area contributed by atoms with Gasteiger partial charge in [-0.25, -0.2) is 0 Å². The van der Waals surface area contributed by atoms with E-state index in [9.17, 15) is 9.59 Å². The van der Waals surface area contributed by atoms with Gasteiger partial charge < -0.3 is 14.4 Å². The molecule has 1 atom stereocenters. The first-order valence-corrected chi connectivity index (χ1v) is 9.65. The SMILES string of the molecule is CCN(CC)c1ccc(C=C2C(=O)c3ccccc3C2=O)c(OCC2CO2)c1. The molecular weight excluding hydrogens is 354 g/mol. The lowest BCUT2D eigenvalue weighted by Gasteiger charge is -2.22. The minimum Gasteiger partial charge on any atom is -0.490 e. The van der Waals surface area contributed by atoms with Crippen LogP contribution in [0.25, 0.3) is 6.08 Å². The molecule has 0 radical (unpaired) electrons. The highest BCUT2D eigenvalue weighted by molar-refractivity contribution is 6.41. The van der Waals surface area contributed by atoms with E-state index in [1.165, 1.54) is 0 Å². The number of nitrogens with zero attached hydrogens (tertiary/aromatic N) is 1. The van der Waals surface area contributed by atoms with Gasteiger partial charge in [0.15, 0.2) is 11.6 Å². The lowest BCUT2D eigenvalue weighted by Crippen LogP contribution is -2.21. The number of rotatable bonds is 7. The van der Waals surface area contributed by atoms with Crippen LogP contribution in [0.15, 0.2) is 48.0 Å². The zero-order valence-electron chi connectivity index (χ0n) is 16.1. The molecule has 28 heavy (non-hydrogen) atoms. The molecule has 2 aliphatic rings. The molecule has 2 aromatic rings.